The number of sulfonamides is 1. The van der Waals surface area contributed by atoms with E-state index in [2.05, 4.69) is 11.0 Å². The molecule has 0 amide bonds. The normalized spacial score (nSPS) is 17.5. The first-order valence-corrected chi connectivity index (χ1v) is 14.4. The third-order valence-electron chi connectivity index (χ3n) is 7.83. The molecule has 0 fully saturated rings. The van der Waals surface area contributed by atoms with Crippen LogP contribution in [0.2, 0.25) is 0 Å². The first kappa shape index (κ1) is 25.1. The summed E-state index contributed by atoms with van der Waals surface area (Å²) in [5.41, 5.74) is 4.13. The number of hydrogen-bond acceptors (Lipinski definition) is 5. The minimum atomic E-state index is -3.55. The van der Waals surface area contributed by atoms with Crippen molar-refractivity contribution in [2.45, 2.75) is 50.0 Å². The van der Waals surface area contributed by atoms with Crippen molar-refractivity contribution in [1.82, 2.24) is 9.21 Å². The Morgan fingerprint density at radius 3 is 2.61 bits per heavy atom. The van der Waals surface area contributed by atoms with Crippen LogP contribution in [0.1, 0.15) is 48.9 Å². The zero-order chi connectivity index (χ0) is 25.3. The topological polar surface area (TPSA) is 59.1 Å². The van der Waals surface area contributed by atoms with Crippen LogP contribution in [0.4, 0.5) is 0 Å². The van der Waals surface area contributed by atoms with Crippen molar-refractivity contribution >= 4 is 20.8 Å². The van der Waals surface area contributed by atoms with Gasteiger partial charge in [0.2, 0.25) is 10.0 Å². The van der Waals surface area contributed by atoms with Crippen LogP contribution in [0.5, 0.6) is 11.5 Å². The lowest BCUT2D eigenvalue weighted by Crippen LogP contribution is -2.36. The maximum Gasteiger partial charge on any atom is 0.243 e. The maximum atomic E-state index is 13.5. The summed E-state index contributed by atoms with van der Waals surface area (Å²) in [6.45, 7) is 4.93. The summed E-state index contributed by atoms with van der Waals surface area (Å²) < 4.78 is 40.0. The molecule has 0 N–H and O–H groups in total. The molecule has 0 saturated heterocycles. The predicted molar refractivity (Wildman–Crippen MR) is 143 cm³/mol. The first-order valence-electron chi connectivity index (χ1n) is 13.0. The number of rotatable bonds is 10. The molecule has 192 valence electrons. The number of nitrogens with zero attached hydrogens (tertiary/aromatic N) is 2. The molecule has 5 rings (SSSR count). The van der Waals surface area contributed by atoms with Crippen LogP contribution < -0.4 is 9.47 Å². The Balaban J connectivity index is 1.24. The van der Waals surface area contributed by atoms with Gasteiger partial charge < -0.3 is 9.47 Å². The zero-order valence-electron chi connectivity index (χ0n) is 21.5. The number of unbranched alkanes of at least 4 members (excludes halogenated alkanes) is 1. The fraction of sp³-hybridized carbons (Fsp3) is 0.448. The van der Waals surface area contributed by atoms with E-state index in [1.54, 1.807) is 24.6 Å². The van der Waals surface area contributed by atoms with Crippen molar-refractivity contribution in [3.05, 3.63) is 65.2 Å². The van der Waals surface area contributed by atoms with E-state index < -0.39 is 10.0 Å². The molecule has 0 bridgehead atoms. The van der Waals surface area contributed by atoms with Crippen molar-refractivity contribution in [2.75, 3.05) is 40.4 Å². The Hall–Kier alpha value is -2.61. The van der Waals surface area contributed by atoms with E-state index >= 15 is 0 Å². The Bertz CT molecular complexity index is 1350. The second-order valence-corrected chi connectivity index (χ2v) is 11.6. The number of ether oxygens (including phenoxy) is 2. The van der Waals surface area contributed by atoms with Crippen molar-refractivity contribution in [3.63, 3.8) is 0 Å². The van der Waals surface area contributed by atoms with Gasteiger partial charge in [0.25, 0.3) is 0 Å². The molecule has 2 aliphatic rings. The number of hydrogen-bond donors (Lipinski definition) is 0. The van der Waals surface area contributed by atoms with Gasteiger partial charge in [-0.3, -0.25) is 4.90 Å². The zero-order valence-corrected chi connectivity index (χ0v) is 22.3. The van der Waals surface area contributed by atoms with Gasteiger partial charge >= 0.3 is 0 Å². The van der Waals surface area contributed by atoms with Crippen LogP contribution in [0.3, 0.4) is 0 Å². The molecule has 1 heterocycles. The van der Waals surface area contributed by atoms with Gasteiger partial charge in [-0.25, -0.2) is 8.42 Å². The molecule has 1 aliphatic carbocycles. The fourth-order valence-corrected chi connectivity index (χ4v) is 7.80. The fourth-order valence-electron chi connectivity index (χ4n) is 6.10. The Morgan fingerprint density at radius 1 is 1.03 bits per heavy atom. The smallest absolute Gasteiger partial charge is 0.243 e. The number of methoxy groups -OCH3 is 2. The van der Waals surface area contributed by atoms with E-state index in [1.807, 2.05) is 43.3 Å². The van der Waals surface area contributed by atoms with Crippen LogP contribution in [-0.2, 0) is 22.9 Å². The molecule has 0 spiro atoms. The highest BCUT2D eigenvalue weighted by molar-refractivity contribution is 7.89. The molecule has 0 aromatic heterocycles. The van der Waals surface area contributed by atoms with Gasteiger partial charge in [0.1, 0.15) is 0 Å². The second-order valence-electron chi connectivity index (χ2n) is 9.68. The van der Waals surface area contributed by atoms with Gasteiger partial charge in [0.05, 0.1) is 19.1 Å². The molecule has 0 saturated carbocycles. The molecular formula is C29H36N2O4S. The molecule has 3 aromatic carbocycles. The first-order chi connectivity index (χ1) is 17.5. The standard InChI is InChI=1S/C29H36N2O4S/c1-4-31(36(32,33)27-13-9-11-21-10-5-6-12-23(21)27)18-8-7-17-30-19-16-22-20-26(34-2)29(35-3)24-14-15-25(30)28(22)24/h5-6,9-13,20,25H,4,7-8,14-19H2,1-3H3. The minimum Gasteiger partial charge on any atom is -0.493 e. The highest BCUT2D eigenvalue weighted by Gasteiger charge is 2.36. The Morgan fingerprint density at radius 2 is 1.83 bits per heavy atom. The van der Waals surface area contributed by atoms with Gasteiger partial charge in [-0.15, -0.1) is 0 Å². The van der Waals surface area contributed by atoms with Crippen LogP contribution in [0, 0.1) is 0 Å². The van der Waals surface area contributed by atoms with Crippen molar-refractivity contribution in [1.29, 1.82) is 0 Å². The molecule has 7 heteroatoms. The van der Waals surface area contributed by atoms with Crippen LogP contribution in [0.25, 0.3) is 10.8 Å². The average Bonchev–Trinajstić information content (AvgIpc) is 3.35. The molecular weight excluding hydrogens is 472 g/mol. The molecule has 1 unspecified atom stereocenters. The van der Waals surface area contributed by atoms with E-state index in [4.69, 9.17) is 9.47 Å². The van der Waals surface area contributed by atoms with Crippen molar-refractivity contribution in [3.8, 4) is 11.5 Å². The molecule has 6 nitrogen and oxygen atoms in total. The Labute approximate surface area is 214 Å². The highest BCUT2D eigenvalue weighted by atomic mass is 32.2. The molecule has 0 radical (unpaired) electrons. The lowest BCUT2D eigenvalue weighted by atomic mass is 9.92. The lowest BCUT2D eigenvalue weighted by molar-refractivity contribution is 0.180. The van der Waals surface area contributed by atoms with Gasteiger partial charge in [0.15, 0.2) is 11.5 Å². The summed E-state index contributed by atoms with van der Waals surface area (Å²) in [6.07, 6.45) is 4.93. The second kappa shape index (κ2) is 10.4. The summed E-state index contributed by atoms with van der Waals surface area (Å²) >= 11 is 0. The molecule has 1 atom stereocenters. The van der Waals surface area contributed by atoms with E-state index in [0.717, 1.165) is 67.5 Å². The summed E-state index contributed by atoms with van der Waals surface area (Å²) in [7, 11) is -0.121. The third kappa shape index (κ3) is 4.38. The quantitative estimate of drug-likeness (QED) is 0.353. The van der Waals surface area contributed by atoms with Gasteiger partial charge in [0, 0.05) is 36.6 Å². The van der Waals surface area contributed by atoms with Crippen LogP contribution in [-0.4, -0.2) is 58.0 Å². The minimum absolute atomic E-state index is 0.401. The third-order valence-corrected chi connectivity index (χ3v) is 9.86. The van der Waals surface area contributed by atoms with Gasteiger partial charge in [-0.05, 0) is 67.3 Å². The highest BCUT2D eigenvalue weighted by Crippen LogP contribution is 2.48. The van der Waals surface area contributed by atoms with Gasteiger partial charge in [-0.1, -0.05) is 43.3 Å². The van der Waals surface area contributed by atoms with E-state index in [1.165, 1.54) is 16.7 Å². The van der Waals surface area contributed by atoms with Gasteiger partial charge in [-0.2, -0.15) is 4.31 Å². The van der Waals surface area contributed by atoms with E-state index in [0.29, 0.717) is 24.0 Å². The van der Waals surface area contributed by atoms with Crippen LogP contribution >= 0.6 is 0 Å². The van der Waals surface area contributed by atoms with Crippen molar-refractivity contribution in [2.24, 2.45) is 0 Å². The summed E-state index contributed by atoms with van der Waals surface area (Å²) in [6, 6.07) is 15.8. The van der Waals surface area contributed by atoms with Crippen LogP contribution in [0.15, 0.2) is 53.4 Å². The maximum absolute atomic E-state index is 13.5. The number of fused-ring (bicyclic) bond motifs is 1. The molecule has 36 heavy (non-hydrogen) atoms. The largest absolute Gasteiger partial charge is 0.493 e. The van der Waals surface area contributed by atoms with E-state index in [-0.39, 0.29) is 0 Å². The SMILES string of the molecule is CCN(CCCCN1CCc2cc(OC)c(OC)c3c2C1CC3)S(=O)(=O)c1cccc2ccccc12. The Kier molecular flexibility index (Phi) is 7.24. The predicted octanol–water partition coefficient (Wildman–Crippen LogP) is 5.19. The van der Waals surface area contributed by atoms with Crippen molar-refractivity contribution < 1.29 is 17.9 Å². The summed E-state index contributed by atoms with van der Waals surface area (Å²) in [5, 5.41) is 1.74. The molecule has 3 aromatic rings. The molecule has 1 aliphatic heterocycles. The average molecular weight is 509 g/mol. The lowest BCUT2D eigenvalue weighted by Gasteiger charge is -2.35. The summed E-state index contributed by atoms with van der Waals surface area (Å²) in [4.78, 5) is 2.98. The monoisotopic (exact) mass is 508 g/mol. The van der Waals surface area contributed by atoms with E-state index in [9.17, 15) is 8.42 Å². The summed E-state index contributed by atoms with van der Waals surface area (Å²) in [5.74, 6) is 1.73. The number of benzene rings is 3.